The number of hydrogen-bond acceptors (Lipinski definition) is 5. The molecule has 5 nitrogen and oxygen atoms in total. The predicted octanol–water partition coefficient (Wildman–Crippen LogP) is 2.27. The number of tetrazole rings is 1. The summed E-state index contributed by atoms with van der Waals surface area (Å²) in [5.41, 5.74) is 7.72. The van der Waals surface area contributed by atoms with Gasteiger partial charge in [0, 0.05) is 17.1 Å². The van der Waals surface area contributed by atoms with E-state index in [-0.39, 0.29) is 0 Å². The molecule has 0 amide bonds. The van der Waals surface area contributed by atoms with Gasteiger partial charge in [-0.3, -0.25) is 0 Å². The van der Waals surface area contributed by atoms with Gasteiger partial charge in [-0.15, -0.1) is 16.9 Å². The average Bonchev–Trinajstić information content (AvgIpc) is 2.76. The second kappa shape index (κ2) is 5.86. The lowest BCUT2D eigenvalue weighted by Crippen LogP contribution is -2.04. The van der Waals surface area contributed by atoms with E-state index in [0.717, 1.165) is 30.2 Å². The minimum atomic E-state index is 0.776. The van der Waals surface area contributed by atoms with Crippen molar-refractivity contribution >= 4 is 17.4 Å². The van der Waals surface area contributed by atoms with Gasteiger partial charge in [-0.1, -0.05) is 6.92 Å². The zero-order chi connectivity index (χ0) is 13.0. The van der Waals surface area contributed by atoms with E-state index < -0.39 is 0 Å². The van der Waals surface area contributed by atoms with Crippen LogP contribution >= 0.6 is 11.8 Å². The Morgan fingerprint density at radius 3 is 2.94 bits per heavy atom. The van der Waals surface area contributed by atoms with Crippen LogP contribution < -0.4 is 5.73 Å². The van der Waals surface area contributed by atoms with E-state index in [4.69, 9.17) is 5.73 Å². The van der Waals surface area contributed by atoms with Crippen molar-refractivity contribution in [1.29, 1.82) is 0 Å². The van der Waals surface area contributed by atoms with Crippen molar-refractivity contribution in [3.63, 3.8) is 0 Å². The number of aromatic nitrogens is 4. The van der Waals surface area contributed by atoms with Crippen molar-refractivity contribution in [3.05, 3.63) is 29.6 Å². The zero-order valence-electron chi connectivity index (χ0n) is 10.6. The van der Waals surface area contributed by atoms with Crippen LogP contribution in [0.25, 0.3) is 0 Å². The molecule has 0 saturated heterocycles. The molecule has 0 radical (unpaired) electrons. The third kappa shape index (κ3) is 3.01. The molecule has 0 unspecified atom stereocenters. The smallest absolute Gasteiger partial charge is 0.161 e. The number of hydrogen-bond donors (Lipinski definition) is 1. The maximum Gasteiger partial charge on any atom is 0.161 e. The lowest BCUT2D eigenvalue weighted by Gasteiger charge is -2.06. The summed E-state index contributed by atoms with van der Waals surface area (Å²) < 4.78 is 1.86. The fourth-order valence-corrected chi connectivity index (χ4v) is 2.63. The Balaban J connectivity index is 2.04. The summed E-state index contributed by atoms with van der Waals surface area (Å²) >= 11 is 1.73. The Kier molecular flexibility index (Phi) is 4.19. The average molecular weight is 263 g/mol. The van der Waals surface area contributed by atoms with E-state index in [0.29, 0.717) is 0 Å². The number of thioether (sulfide) groups is 1. The van der Waals surface area contributed by atoms with Crippen molar-refractivity contribution in [2.24, 2.45) is 0 Å². The number of nitrogen functional groups attached to an aromatic ring is 1. The van der Waals surface area contributed by atoms with Gasteiger partial charge in [0.05, 0.1) is 5.75 Å². The van der Waals surface area contributed by atoms with Gasteiger partial charge in [-0.05, 0) is 47.5 Å². The Morgan fingerprint density at radius 1 is 1.39 bits per heavy atom. The minimum absolute atomic E-state index is 0.776. The van der Waals surface area contributed by atoms with Crippen LogP contribution in [0.5, 0.6) is 0 Å². The SMILES string of the molecule is CCCn1nnnc1CSc1ccc(N)cc1C. The number of benzene rings is 1. The number of rotatable bonds is 5. The van der Waals surface area contributed by atoms with Gasteiger partial charge >= 0.3 is 0 Å². The van der Waals surface area contributed by atoms with Crippen LogP contribution in [-0.2, 0) is 12.3 Å². The first kappa shape index (κ1) is 12.9. The number of nitrogens with zero attached hydrogens (tertiary/aromatic N) is 4. The van der Waals surface area contributed by atoms with E-state index in [1.807, 2.05) is 22.9 Å². The third-order valence-corrected chi connectivity index (χ3v) is 3.77. The van der Waals surface area contributed by atoms with Gasteiger partial charge in [0.15, 0.2) is 5.82 Å². The van der Waals surface area contributed by atoms with E-state index in [9.17, 15) is 0 Å². The van der Waals surface area contributed by atoms with Crippen LogP contribution in [0.3, 0.4) is 0 Å². The monoisotopic (exact) mass is 263 g/mol. The molecule has 0 aliphatic heterocycles. The topological polar surface area (TPSA) is 69.6 Å². The molecule has 2 rings (SSSR count). The maximum absolute atomic E-state index is 5.74. The minimum Gasteiger partial charge on any atom is -0.399 e. The highest BCUT2D eigenvalue weighted by Gasteiger charge is 2.07. The molecule has 0 spiro atoms. The normalized spacial score (nSPS) is 10.8. The van der Waals surface area contributed by atoms with Crippen molar-refractivity contribution in [3.8, 4) is 0 Å². The van der Waals surface area contributed by atoms with Crippen LogP contribution in [0.1, 0.15) is 24.7 Å². The summed E-state index contributed by atoms with van der Waals surface area (Å²) in [6.07, 6.45) is 1.03. The second-order valence-electron chi connectivity index (χ2n) is 4.13. The zero-order valence-corrected chi connectivity index (χ0v) is 11.4. The molecule has 0 aliphatic carbocycles. The quantitative estimate of drug-likeness (QED) is 0.662. The van der Waals surface area contributed by atoms with Crippen molar-refractivity contribution < 1.29 is 0 Å². The Hall–Kier alpha value is -1.56. The van der Waals surface area contributed by atoms with Gasteiger partial charge in [-0.25, -0.2) is 4.68 Å². The first-order chi connectivity index (χ1) is 8.70. The first-order valence-electron chi connectivity index (χ1n) is 5.94. The molecule has 0 bridgehead atoms. The molecule has 0 aliphatic rings. The molecule has 18 heavy (non-hydrogen) atoms. The fourth-order valence-electron chi connectivity index (χ4n) is 1.69. The van der Waals surface area contributed by atoms with Crippen molar-refractivity contribution in [1.82, 2.24) is 20.2 Å². The highest BCUT2D eigenvalue weighted by atomic mass is 32.2. The molecule has 1 aromatic carbocycles. The van der Waals surface area contributed by atoms with Gasteiger partial charge in [-0.2, -0.15) is 0 Å². The molecule has 0 saturated carbocycles. The Labute approximate surface area is 111 Å². The highest BCUT2D eigenvalue weighted by Crippen LogP contribution is 2.26. The molecular weight excluding hydrogens is 246 g/mol. The molecule has 0 fully saturated rings. The molecule has 96 valence electrons. The number of anilines is 1. The Morgan fingerprint density at radius 2 is 2.22 bits per heavy atom. The third-order valence-electron chi connectivity index (χ3n) is 2.60. The lowest BCUT2D eigenvalue weighted by molar-refractivity contribution is 0.564. The second-order valence-corrected chi connectivity index (χ2v) is 5.15. The van der Waals surface area contributed by atoms with Crippen LogP contribution in [0, 0.1) is 6.92 Å². The van der Waals surface area contributed by atoms with Crippen LogP contribution in [0.4, 0.5) is 5.69 Å². The summed E-state index contributed by atoms with van der Waals surface area (Å²) in [4.78, 5) is 1.22. The molecule has 2 N–H and O–H groups in total. The van der Waals surface area contributed by atoms with E-state index in [1.54, 1.807) is 11.8 Å². The summed E-state index contributed by atoms with van der Waals surface area (Å²) in [6, 6.07) is 5.95. The Bertz CT molecular complexity index is 523. The summed E-state index contributed by atoms with van der Waals surface area (Å²) in [7, 11) is 0. The largest absolute Gasteiger partial charge is 0.399 e. The predicted molar refractivity (Wildman–Crippen MR) is 73.3 cm³/mol. The summed E-state index contributed by atoms with van der Waals surface area (Å²) in [6.45, 7) is 5.04. The van der Waals surface area contributed by atoms with Gasteiger partial charge < -0.3 is 5.73 Å². The molecule has 1 heterocycles. The molecule has 2 aromatic rings. The maximum atomic E-state index is 5.74. The van der Waals surface area contributed by atoms with Crippen molar-refractivity contribution in [2.45, 2.75) is 37.5 Å². The number of aryl methyl sites for hydroxylation is 2. The van der Waals surface area contributed by atoms with Gasteiger partial charge in [0.2, 0.25) is 0 Å². The van der Waals surface area contributed by atoms with Gasteiger partial charge in [0.1, 0.15) is 0 Å². The summed E-state index contributed by atoms with van der Waals surface area (Å²) in [5.74, 6) is 1.69. The standard InChI is InChI=1S/C12H17N5S/c1-3-6-17-12(14-15-16-17)8-18-11-5-4-10(13)7-9(11)2/h4-5,7H,3,6,8,13H2,1-2H3. The van der Waals surface area contributed by atoms with Crippen LogP contribution in [0.15, 0.2) is 23.1 Å². The molecule has 1 aromatic heterocycles. The van der Waals surface area contributed by atoms with Crippen LogP contribution in [-0.4, -0.2) is 20.2 Å². The molecule has 0 atom stereocenters. The number of nitrogens with two attached hydrogens (primary N) is 1. The van der Waals surface area contributed by atoms with E-state index in [1.165, 1.54) is 10.5 Å². The molecular formula is C12H17N5S. The summed E-state index contributed by atoms with van der Waals surface area (Å²) in [5, 5.41) is 11.7. The van der Waals surface area contributed by atoms with E-state index in [2.05, 4.69) is 29.4 Å². The van der Waals surface area contributed by atoms with Crippen molar-refractivity contribution in [2.75, 3.05) is 5.73 Å². The van der Waals surface area contributed by atoms with E-state index >= 15 is 0 Å². The lowest BCUT2D eigenvalue weighted by atomic mass is 10.2. The molecule has 6 heteroatoms. The highest BCUT2D eigenvalue weighted by molar-refractivity contribution is 7.98. The fraction of sp³-hybridized carbons (Fsp3) is 0.417. The van der Waals surface area contributed by atoms with Gasteiger partial charge in [0.25, 0.3) is 0 Å². The first-order valence-corrected chi connectivity index (χ1v) is 6.93. The van der Waals surface area contributed by atoms with Crippen LogP contribution in [0.2, 0.25) is 0 Å².